The van der Waals surface area contributed by atoms with E-state index >= 15 is 0 Å². The summed E-state index contributed by atoms with van der Waals surface area (Å²) >= 11 is 0. The van der Waals surface area contributed by atoms with Crippen LogP contribution in [-0.4, -0.2) is 46.7 Å². The second kappa shape index (κ2) is 6.82. The number of ether oxygens (including phenoxy) is 1. The summed E-state index contributed by atoms with van der Waals surface area (Å²) in [6.07, 6.45) is 0.959. The number of aryl methyl sites for hydroxylation is 1. The highest BCUT2D eigenvalue weighted by molar-refractivity contribution is 6.07. The zero-order chi connectivity index (χ0) is 20.0. The molecule has 0 unspecified atom stereocenters. The summed E-state index contributed by atoms with van der Waals surface area (Å²) < 4.78 is 5.74. The molecule has 1 aliphatic carbocycles. The van der Waals surface area contributed by atoms with E-state index in [9.17, 15) is 14.7 Å². The van der Waals surface area contributed by atoms with Gasteiger partial charge < -0.3 is 15.2 Å². The van der Waals surface area contributed by atoms with Gasteiger partial charge in [0.2, 0.25) is 0 Å². The molecule has 27 heavy (non-hydrogen) atoms. The van der Waals surface area contributed by atoms with Crippen LogP contribution in [0, 0.1) is 12.8 Å². The smallest absolute Gasteiger partial charge is 0.325 e. The predicted molar refractivity (Wildman–Crippen MR) is 103 cm³/mol. The van der Waals surface area contributed by atoms with Crippen molar-refractivity contribution in [1.82, 2.24) is 10.2 Å². The molecular weight excluding hydrogens is 344 g/mol. The van der Waals surface area contributed by atoms with E-state index in [-0.39, 0.29) is 30.4 Å². The molecule has 0 bridgehead atoms. The molecule has 2 aliphatic rings. The Morgan fingerprint density at radius 2 is 2.00 bits per heavy atom. The molecule has 1 aliphatic heterocycles. The number of nitrogens with zero attached hydrogens (tertiary/aromatic N) is 1. The average Bonchev–Trinajstić information content (AvgIpc) is 3.39. The maximum atomic E-state index is 12.6. The summed E-state index contributed by atoms with van der Waals surface area (Å²) in [6, 6.07) is 5.58. The lowest BCUT2D eigenvalue weighted by Crippen LogP contribution is -2.46. The maximum absolute atomic E-state index is 12.6. The van der Waals surface area contributed by atoms with Crippen molar-refractivity contribution >= 4 is 11.9 Å². The van der Waals surface area contributed by atoms with Gasteiger partial charge in [0.05, 0.1) is 6.54 Å². The average molecular weight is 374 g/mol. The third-order valence-electron chi connectivity index (χ3n) is 5.56. The molecule has 148 valence electrons. The number of carbonyl (C=O) groups excluding carboxylic acids is 2. The minimum absolute atomic E-state index is 0.0207. The van der Waals surface area contributed by atoms with Crippen molar-refractivity contribution in [1.29, 1.82) is 0 Å². The van der Waals surface area contributed by atoms with Gasteiger partial charge in [0.25, 0.3) is 5.91 Å². The van der Waals surface area contributed by atoms with Crippen molar-refractivity contribution in [2.24, 2.45) is 5.92 Å². The highest BCUT2D eigenvalue weighted by Gasteiger charge is 2.56. The van der Waals surface area contributed by atoms with E-state index in [1.165, 1.54) is 5.56 Å². The Kier molecular flexibility index (Phi) is 4.97. The predicted octanol–water partition coefficient (Wildman–Crippen LogP) is 2.75. The van der Waals surface area contributed by atoms with Crippen LogP contribution in [0.3, 0.4) is 0 Å². The van der Waals surface area contributed by atoms with Gasteiger partial charge in [0, 0.05) is 0 Å². The monoisotopic (exact) mass is 374 g/mol. The molecule has 1 saturated heterocycles. The minimum atomic E-state index is -0.942. The van der Waals surface area contributed by atoms with E-state index in [2.05, 4.69) is 32.2 Å². The number of imide groups is 1. The molecule has 0 spiro atoms. The van der Waals surface area contributed by atoms with Crippen molar-refractivity contribution < 1.29 is 19.4 Å². The Morgan fingerprint density at radius 3 is 2.56 bits per heavy atom. The number of aliphatic hydroxyl groups excluding tert-OH is 1. The Morgan fingerprint density at radius 1 is 1.33 bits per heavy atom. The maximum Gasteiger partial charge on any atom is 0.325 e. The van der Waals surface area contributed by atoms with Crippen LogP contribution in [0.4, 0.5) is 4.79 Å². The van der Waals surface area contributed by atoms with Crippen molar-refractivity contribution in [3.63, 3.8) is 0 Å². The van der Waals surface area contributed by atoms with Gasteiger partial charge in [-0.1, -0.05) is 32.9 Å². The molecule has 1 aromatic rings. The minimum Gasteiger partial charge on any atom is -0.491 e. The largest absolute Gasteiger partial charge is 0.491 e. The molecule has 2 atom stereocenters. The van der Waals surface area contributed by atoms with Crippen molar-refractivity contribution in [3.8, 4) is 5.75 Å². The molecule has 3 rings (SSSR count). The van der Waals surface area contributed by atoms with Gasteiger partial charge in [0.15, 0.2) is 0 Å². The highest BCUT2D eigenvalue weighted by Crippen LogP contribution is 2.42. The zero-order valence-electron chi connectivity index (χ0n) is 16.8. The molecule has 6 heteroatoms. The molecule has 0 radical (unpaired) electrons. The summed E-state index contributed by atoms with van der Waals surface area (Å²) in [7, 11) is 0. The number of aliphatic hydroxyl groups is 1. The number of β-amino-alcohol motifs (C(OH)–C–C–N with tert-alkyl or cyclic N) is 1. The van der Waals surface area contributed by atoms with Crippen LogP contribution in [0.5, 0.6) is 5.75 Å². The topological polar surface area (TPSA) is 78.9 Å². The SMILES string of the molecule is Cc1cc(C(C)(C)C)ccc1OC[C@H](O)CN1C(=O)N[C@](C)(C2CC2)C1=O. The standard InChI is InChI=1S/C21H30N2O4/c1-13-10-15(20(2,3)4)8-9-17(13)27-12-16(24)11-23-18(25)21(5,14-6-7-14)22-19(23)26/h8-10,14,16,24H,6-7,11-12H2,1-5H3,(H,22,26)/t16-,21-/m1/s1. The number of amides is 3. The number of hydrogen-bond donors (Lipinski definition) is 2. The summed E-state index contributed by atoms with van der Waals surface area (Å²) in [5, 5.41) is 13.1. The number of nitrogens with one attached hydrogen (secondary N) is 1. The zero-order valence-corrected chi connectivity index (χ0v) is 16.8. The van der Waals surface area contributed by atoms with Gasteiger partial charge in [-0.05, 0) is 55.2 Å². The molecule has 2 fully saturated rings. The third kappa shape index (κ3) is 3.95. The lowest BCUT2D eigenvalue weighted by atomic mass is 9.86. The van der Waals surface area contributed by atoms with Gasteiger partial charge >= 0.3 is 6.03 Å². The number of rotatable bonds is 6. The number of carbonyl (C=O) groups is 2. The van der Waals surface area contributed by atoms with E-state index in [0.717, 1.165) is 23.3 Å². The molecule has 3 amide bonds. The summed E-state index contributed by atoms with van der Waals surface area (Å²) in [4.78, 5) is 25.9. The molecule has 6 nitrogen and oxygen atoms in total. The summed E-state index contributed by atoms with van der Waals surface area (Å²) in [5.74, 6) is 0.651. The lowest BCUT2D eigenvalue weighted by Gasteiger charge is -2.23. The summed E-state index contributed by atoms with van der Waals surface area (Å²) in [6.45, 7) is 10.2. The highest BCUT2D eigenvalue weighted by atomic mass is 16.5. The molecule has 2 N–H and O–H groups in total. The van der Waals surface area contributed by atoms with E-state index in [1.54, 1.807) is 6.92 Å². The number of benzene rings is 1. The Balaban J connectivity index is 1.58. The van der Waals surface area contributed by atoms with E-state index < -0.39 is 17.7 Å². The fourth-order valence-corrected chi connectivity index (χ4v) is 3.55. The number of hydrogen-bond acceptors (Lipinski definition) is 4. The second-order valence-electron chi connectivity index (χ2n) is 9.02. The summed E-state index contributed by atoms with van der Waals surface area (Å²) in [5.41, 5.74) is 1.44. The first kappa shape index (κ1) is 19.7. The molecule has 0 aromatic heterocycles. The van der Waals surface area contributed by atoms with Crippen molar-refractivity contribution in [3.05, 3.63) is 29.3 Å². The fraction of sp³-hybridized carbons (Fsp3) is 0.619. The van der Waals surface area contributed by atoms with E-state index in [1.807, 2.05) is 19.1 Å². The normalized spacial score (nSPS) is 24.1. The van der Waals surface area contributed by atoms with Crippen LogP contribution >= 0.6 is 0 Å². The first-order valence-electron chi connectivity index (χ1n) is 9.58. The van der Waals surface area contributed by atoms with Crippen LogP contribution in [0.25, 0.3) is 0 Å². The van der Waals surface area contributed by atoms with Crippen LogP contribution in [-0.2, 0) is 10.2 Å². The van der Waals surface area contributed by atoms with Crippen LogP contribution in [0.1, 0.15) is 51.7 Å². The molecular formula is C21H30N2O4. The van der Waals surface area contributed by atoms with Gasteiger partial charge in [-0.25, -0.2) is 4.79 Å². The van der Waals surface area contributed by atoms with Crippen molar-refractivity contribution in [2.45, 2.75) is 64.5 Å². The van der Waals surface area contributed by atoms with Gasteiger partial charge in [-0.2, -0.15) is 0 Å². The first-order chi connectivity index (χ1) is 12.5. The van der Waals surface area contributed by atoms with Crippen LogP contribution in [0.15, 0.2) is 18.2 Å². The lowest BCUT2D eigenvalue weighted by molar-refractivity contribution is -0.132. The number of urea groups is 1. The van der Waals surface area contributed by atoms with Gasteiger partial charge in [-0.3, -0.25) is 9.69 Å². The van der Waals surface area contributed by atoms with Crippen molar-refractivity contribution in [2.75, 3.05) is 13.2 Å². The van der Waals surface area contributed by atoms with E-state index in [0.29, 0.717) is 5.75 Å². The van der Waals surface area contributed by atoms with Crippen LogP contribution in [0.2, 0.25) is 0 Å². The quantitative estimate of drug-likeness (QED) is 0.751. The Hall–Kier alpha value is -2.08. The fourth-order valence-electron chi connectivity index (χ4n) is 3.55. The Labute approximate surface area is 160 Å². The van der Waals surface area contributed by atoms with Gasteiger partial charge in [-0.15, -0.1) is 0 Å². The second-order valence-corrected chi connectivity index (χ2v) is 9.02. The Bertz CT molecular complexity index is 751. The molecule has 1 heterocycles. The molecule has 1 saturated carbocycles. The van der Waals surface area contributed by atoms with Gasteiger partial charge in [0.1, 0.15) is 24.0 Å². The third-order valence-corrected chi connectivity index (χ3v) is 5.56. The first-order valence-corrected chi connectivity index (χ1v) is 9.58. The van der Waals surface area contributed by atoms with Crippen LogP contribution < -0.4 is 10.1 Å². The molecule has 1 aromatic carbocycles. The van der Waals surface area contributed by atoms with E-state index in [4.69, 9.17) is 4.74 Å².